The predicted octanol–water partition coefficient (Wildman–Crippen LogP) is 8.39. The Hall–Kier alpha value is -3.55. The molecule has 36 heavy (non-hydrogen) atoms. The molecule has 0 aliphatic rings. The van der Waals surface area contributed by atoms with Crippen LogP contribution in [0.4, 0.5) is 17.3 Å². The van der Waals surface area contributed by atoms with Gasteiger partial charge < -0.3 is 0 Å². The average Bonchev–Trinajstić information content (AvgIpc) is 2.94. The van der Waals surface area contributed by atoms with Gasteiger partial charge in [0.1, 0.15) is 11.6 Å². The van der Waals surface area contributed by atoms with E-state index in [9.17, 15) is 0 Å². The third-order valence-electron chi connectivity index (χ3n) is 6.23. The molecule has 3 nitrogen and oxygen atoms in total. The molecule has 0 aliphatic carbocycles. The van der Waals surface area contributed by atoms with E-state index in [1.807, 2.05) is 84.9 Å². The van der Waals surface area contributed by atoms with E-state index < -0.39 is 0 Å². The molecule has 3 aromatic carbocycles. The third kappa shape index (κ3) is 5.64. The first-order valence-electron chi connectivity index (χ1n) is 12.0. The summed E-state index contributed by atoms with van der Waals surface area (Å²) in [7, 11) is 0. The Labute approximate surface area is 228 Å². The molecule has 5 aromatic rings. The number of hydrogen-bond acceptors (Lipinski definition) is 3. The fourth-order valence-electron chi connectivity index (χ4n) is 4.07. The van der Waals surface area contributed by atoms with Gasteiger partial charge in [-0.15, -0.1) is 71.8 Å². The SMILES string of the molecule is CCC(C)c1ccc(N(c2cccc(-c3[c-]cccc3)n2)c2cccc(-c3[c-]cccc3)n2)cc1.[Pt+2]. The van der Waals surface area contributed by atoms with E-state index in [1.54, 1.807) is 0 Å². The number of rotatable bonds is 7. The Kier molecular flexibility index (Phi) is 8.46. The Balaban J connectivity index is 0.00000304. The molecule has 0 bridgehead atoms. The molecule has 5 rings (SSSR count). The normalized spacial score (nSPS) is 11.4. The average molecular weight is 649 g/mol. The quantitative estimate of drug-likeness (QED) is 0.166. The van der Waals surface area contributed by atoms with Crippen LogP contribution >= 0.6 is 0 Å². The standard InChI is InChI=1S/C32H27N3.Pt/c1-3-24(2)25-20-22-28(23-21-25)35(31-18-10-16-29(33-31)26-12-6-4-7-13-26)32-19-11-17-30(34-32)27-14-8-5-9-15-27;/h4-12,14,16-24H,3H2,1-2H3;/q-2;+2. The van der Waals surface area contributed by atoms with Crippen LogP contribution in [0.3, 0.4) is 0 Å². The fraction of sp³-hybridized carbons (Fsp3) is 0.125. The molecule has 0 saturated carbocycles. The van der Waals surface area contributed by atoms with E-state index in [0.29, 0.717) is 5.92 Å². The van der Waals surface area contributed by atoms with Crippen LogP contribution in [0.25, 0.3) is 22.5 Å². The zero-order valence-electron chi connectivity index (χ0n) is 20.3. The maximum atomic E-state index is 5.02. The van der Waals surface area contributed by atoms with Gasteiger partial charge in [-0.25, -0.2) is 0 Å². The second-order valence-electron chi connectivity index (χ2n) is 8.55. The monoisotopic (exact) mass is 648 g/mol. The summed E-state index contributed by atoms with van der Waals surface area (Å²) < 4.78 is 0. The molecule has 1 unspecified atom stereocenters. The van der Waals surface area contributed by atoms with Crippen LogP contribution in [-0.4, -0.2) is 9.97 Å². The van der Waals surface area contributed by atoms with Gasteiger partial charge in [-0.3, -0.25) is 14.9 Å². The van der Waals surface area contributed by atoms with E-state index in [1.165, 1.54) is 5.56 Å². The minimum Gasteiger partial charge on any atom is -0.280 e. The van der Waals surface area contributed by atoms with Gasteiger partial charge in [0, 0.05) is 5.69 Å². The summed E-state index contributed by atoms with van der Waals surface area (Å²) in [4.78, 5) is 12.1. The molecular weight excluding hydrogens is 621 g/mol. The zero-order chi connectivity index (χ0) is 24.0. The van der Waals surface area contributed by atoms with Crippen molar-refractivity contribution in [2.24, 2.45) is 0 Å². The summed E-state index contributed by atoms with van der Waals surface area (Å²) in [5, 5.41) is 0. The van der Waals surface area contributed by atoms with E-state index in [-0.39, 0.29) is 21.1 Å². The van der Waals surface area contributed by atoms with Crippen LogP contribution in [0.1, 0.15) is 31.7 Å². The van der Waals surface area contributed by atoms with Crippen molar-refractivity contribution < 1.29 is 21.1 Å². The zero-order valence-corrected chi connectivity index (χ0v) is 22.6. The summed E-state index contributed by atoms with van der Waals surface area (Å²) in [5.74, 6) is 2.12. The summed E-state index contributed by atoms with van der Waals surface area (Å²) in [6.45, 7) is 4.48. The molecule has 0 saturated heterocycles. The van der Waals surface area contributed by atoms with Gasteiger partial charge in [-0.05, 0) is 53.6 Å². The van der Waals surface area contributed by atoms with Gasteiger partial charge in [-0.1, -0.05) is 50.2 Å². The molecule has 1 atom stereocenters. The van der Waals surface area contributed by atoms with Gasteiger partial charge in [0.15, 0.2) is 0 Å². The van der Waals surface area contributed by atoms with Gasteiger partial charge in [0.25, 0.3) is 0 Å². The number of nitrogens with zero attached hydrogens (tertiary/aromatic N) is 3. The first-order chi connectivity index (χ1) is 17.2. The third-order valence-corrected chi connectivity index (χ3v) is 6.23. The van der Waals surface area contributed by atoms with Crippen LogP contribution in [0.5, 0.6) is 0 Å². The second-order valence-corrected chi connectivity index (χ2v) is 8.55. The fourth-order valence-corrected chi connectivity index (χ4v) is 4.07. The molecule has 0 spiro atoms. The van der Waals surface area contributed by atoms with Crippen molar-refractivity contribution in [3.05, 3.63) is 127 Å². The largest absolute Gasteiger partial charge is 2.00 e. The molecule has 180 valence electrons. The van der Waals surface area contributed by atoms with Crippen molar-refractivity contribution >= 4 is 17.3 Å². The van der Waals surface area contributed by atoms with Crippen molar-refractivity contribution in [3.8, 4) is 22.5 Å². The summed E-state index contributed by atoms with van der Waals surface area (Å²) >= 11 is 0. The van der Waals surface area contributed by atoms with Crippen LogP contribution in [0.15, 0.2) is 109 Å². The van der Waals surface area contributed by atoms with E-state index in [4.69, 9.17) is 9.97 Å². The maximum Gasteiger partial charge on any atom is 2.00 e. The predicted molar refractivity (Wildman–Crippen MR) is 144 cm³/mol. The molecule has 0 radical (unpaired) electrons. The molecule has 0 amide bonds. The summed E-state index contributed by atoms with van der Waals surface area (Å²) in [6.07, 6.45) is 1.11. The van der Waals surface area contributed by atoms with Gasteiger partial charge in [0.2, 0.25) is 0 Å². The molecule has 0 N–H and O–H groups in total. The number of anilines is 3. The van der Waals surface area contributed by atoms with Gasteiger partial charge >= 0.3 is 21.1 Å². The van der Waals surface area contributed by atoms with Gasteiger partial charge in [0.05, 0.1) is 0 Å². The molecule has 0 fully saturated rings. The van der Waals surface area contributed by atoms with Crippen molar-refractivity contribution in [1.29, 1.82) is 0 Å². The Bertz CT molecular complexity index is 1300. The number of benzene rings is 3. The minimum absolute atomic E-state index is 0. The first-order valence-corrected chi connectivity index (χ1v) is 12.0. The summed E-state index contributed by atoms with van der Waals surface area (Å²) in [6, 6.07) is 43.3. The van der Waals surface area contributed by atoms with Crippen LogP contribution in [0, 0.1) is 12.1 Å². The Morgan fingerprint density at radius 1 is 0.667 bits per heavy atom. The van der Waals surface area contributed by atoms with Gasteiger partial charge in [-0.2, -0.15) is 0 Å². The van der Waals surface area contributed by atoms with E-state index in [2.05, 4.69) is 55.1 Å². The molecule has 2 heterocycles. The van der Waals surface area contributed by atoms with Crippen LogP contribution in [0.2, 0.25) is 0 Å². The number of hydrogen-bond donors (Lipinski definition) is 0. The van der Waals surface area contributed by atoms with E-state index >= 15 is 0 Å². The van der Waals surface area contributed by atoms with Crippen LogP contribution in [-0.2, 0) is 21.1 Å². The molecule has 4 heteroatoms. The van der Waals surface area contributed by atoms with E-state index in [0.717, 1.165) is 46.3 Å². The van der Waals surface area contributed by atoms with Crippen molar-refractivity contribution in [3.63, 3.8) is 0 Å². The number of pyridine rings is 2. The first kappa shape index (κ1) is 25.5. The topological polar surface area (TPSA) is 29.0 Å². The maximum absolute atomic E-state index is 5.02. The molecule has 2 aromatic heterocycles. The Morgan fingerprint density at radius 3 is 1.64 bits per heavy atom. The number of aromatic nitrogens is 2. The molecule has 0 aliphatic heterocycles. The Morgan fingerprint density at radius 2 is 1.19 bits per heavy atom. The smallest absolute Gasteiger partial charge is 0.280 e. The summed E-state index contributed by atoms with van der Waals surface area (Å²) in [5.41, 5.74) is 6.01. The van der Waals surface area contributed by atoms with Crippen LogP contribution < -0.4 is 4.90 Å². The van der Waals surface area contributed by atoms with Crippen molar-refractivity contribution in [2.75, 3.05) is 4.90 Å². The molecular formula is C32H27N3Pt. The van der Waals surface area contributed by atoms with Crippen molar-refractivity contribution in [2.45, 2.75) is 26.2 Å². The van der Waals surface area contributed by atoms with Crippen molar-refractivity contribution in [1.82, 2.24) is 9.97 Å². The minimum atomic E-state index is 0. The second kappa shape index (κ2) is 11.9.